The summed E-state index contributed by atoms with van der Waals surface area (Å²) in [5, 5.41) is 1.26. The molecule has 8 heteroatoms. The second-order valence-electron chi connectivity index (χ2n) is 7.25. The van der Waals surface area contributed by atoms with Gasteiger partial charge in [-0.15, -0.1) is 11.3 Å². The van der Waals surface area contributed by atoms with Gasteiger partial charge in [-0.3, -0.25) is 4.79 Å². The van der Waals surface area contributed by atoms with Gasteiger partial charge in [0, 0.05) is 16.1 Å². The minimum Gasteiger partial charge on any atom is -0.464 e. The van der Waals surface area contributed by atoms with Crippen LogP contribution in [0.1, 0.15) is 33.2 Å². The molecular weight excluding hydrogens is 418 g/mol. The third-order valence-electron chi connectivity index (χ3n) is 5.01. The van der Waals surface area contributed by atoms with Crippen LogP contribution >= 0.6 is 22.9 Å². The zero-order chi connectivity index (χ0) is 20.1. The van der Waals surface area contributed by atoms with Crippen molar-refractivity contribution >= 4 is 48.8 Å². The third-order valence-corrected chi connectivity index (χ3v) is 8.41. The lowest BCUT2D eigenvalue weighted by atomic mass is 10.1. The Morgan fingerprint density at radius 1 is 1.29 bits per heavy atom. The maximum atomic E-state index is 13.4. The van der Waals surface area contributed by atoms with Gasteiger partial charge in [-0.1, -0.05) is 23.7 Å². The molecule has 0 spiro atoms. The van der Waals surface area contributed by atoms with Crippen molar-refractivity contribution in [1.82, 2.24) is 4.90 Å². The Labute approximate surface area is 172 Å². The number of amides is 1. The highest BCUT2D eigenvalue weighted by molar-refractivity contribution is 7.91. The first-order valence-electron chi connectivity index (χ1n) is 8.99. The molecule has 0 bridgehead atoms. The molecule has 28 heavy (non-hydrogen) atoms. The first kappa shape index (κ1) is 19.5. The van der Waals surface area contributed by atoms with Crippen LogP contribution in [0.5, 0.6) is 0 Å². The van der Waals surface area contributed by atoms with E-state index in [-0.39, 0.29) is 30.0 Å². The lowest BCUT2D eigenvalue weighted by Crippen LogP contribution is -2.40. The molecule has 1 atom stereocenters. The number of furan rings is 1. The standard InChI is InChI=1S/C20H20ClNO4S2/c1-12-3-6-16-17(9-12)27-19(18(16)21)20(23)22(10-15-5-4-13(2)26-15)14-7-8-28(24,25)11-14/h3-6,9,14H,7-8,10-11H2,1-2H3. The largest absolute Gasteiger partial charge is 0.464 e. The van der Waals surface area contributed by atoms with Crippen molar-refractivity contribution in [2.75, 3.05) is 11.5 Å². The van der Waals surface area contributed by atoms with E-state index in [0.29, 0.717) is 22.1 Å². The summed E-state index contributed by atoms with van der Waals surface area (Å²) in [6, 6.07) is 9.14. The monoisotopic (exact) mass is 437 g/mol. The molecular formula is C20H20ClNO4S2. The van der Waals surface area contributed by atoms with E-state index in [4.69, 9.17) is 16.0 Å². The number of hydrogen-bond acceptors (Lipinski definition) is 5. The minimum absolute atomic E-state index is 0.0277. The number of thiophene rings is 1. The van der Waals surface area contributed by atoms with Gasteiger partial charge in [0.1, 0.15) is 16.4 Å². The van der Waals surface area contributed by atoms with Crippen LogP contribution in [-0.2, 0) is 16.4 Å². The summed E-state index contributed by atoms with van der Waals surface area (Å²) in [7, 11) is -3.14. The first-order valence-corrected chi connectivity index (χ1v) is 12.0. The summed E-state index contributed by atoms with van der Waals surface area (Å²) in [4.78, 5) is 15.5. The second kappa shape index (κ2) is 7.21. The van der Waals surface area contributed by atoms with Gasteiger partial charge in [0.2, 0.25) is 0 Å². The van der Waals surface area contributed by atoms with Gasteiger partial charge in [-0.25, -0.2) is 8.42 Å². The van der Waals surface area contributed by atoms with Crippen molar-refractivity contribution in [1.29, 1.82) is 0 Å². The van der Waals surface area contributed by atoms with Gasteiger partial charge in [-0.2, -0.15) is 0 Å². The third kappa shape index (κ3) is 3.71. The van der Waals surface area contributed by atoms with Crippen LogP contribution in [0.4, 0.5) is 0 Å². The number of fused-ring (bicyclic) bond motifs is 1. The lowest BCUT2D eigenvalue weighted by molar-refractivity contribution is 0.0671. The number of halogens is 1. The normalized spacial score (nSPS) is 18.6. The summed E-state index contributed by atoms with van der Waals surface area (Å²) in [5.41, 5.74) is 1.09. The Balaban J connectivity index is 1.73. The fraction of sp³-hybridized carbons (Fsp3) is 0.350. The molecule has 0 N–H and O–H groups in total. The second-order valence-corrected chi connectivity index (χ2v) is 10.9. The van der Waals surface area contributed by atoms with E-state index in [1.165, 1.54) is 11.3 Å². The summed E-state index contributed by atoms with van der Waals surface area (Å²) in [6.07, 6.45) is 0.426. The molecule has 1 aromatic carbocycles. The molecule has 3 aromatic rings. The molecule has 5 nitrogen and oxygen atoms in total. The van der Waals surface area contributed by atoms with Crippen LogP contribution in [0.2, 0.25) is 5.02 Å². The summed E-state index contributed by atoms with van der Waals surface area (Å²) < 4.78 is 30.6. The highest BCUT2D eigenvalue weighted by Gasteiger charge is 2.36. The van der Waals surface area contributed by atoms with Crippen molar-refractivity contribution in [2.24, 2.45) is 0 Å². The van der Waals surface area contributed by atoms with Crippen LogP contribution in [0, 0.1) is 13.8 Å². The molecule has 1 fully saturated rings. The van der Waals surface area contributed by atoms with Crippen molar-refractivity contribution in [3.05, 3.63) is 57.3 Å². The van der Waals surface area contributed by atoms with Crippen molar-refractivity contribution in [3.63, 3.8) is 0 Å². The molecule has 1 aliphatic heterocycles. The number of carbonyl (C=O) groups excluding carboxylic acids is 1. The van der Waals surface area contributed by atoms with Crippen LogP contribution in [0.25, 0.3) is 10.1 Å². The highest BCUT2D eigenvalue weighted by atomic mass is 35.5. The van der Waals surface area contributed by atoms with Gasteiger partial charge >= 0.3 is 0 Å². The van der Waals surface area contributed by atoms with Gasteiger partial charge in [0.05, 0.1) is 23.1 Å². The zero-order valence-corrected chi connectivity index (χ0v) is 18.0. The van der Waals surface area contributed by atoms with Gasteiger partial charge in [0.15, 0.2) is 9.84 Å². The molecule has 2 aromatic heterocycles. The molecule has 0 radical (unpaired) electrons. The van der Waals surface area contributed by atoms with Crippen molar-refractivity contribution in [2.45, 2.75) is 32.9 Å². The molecule has 0 saturated carbocycles. The van der Waals surface area contributed by atoms with Gasteiger partial charge in [0.25, 0.3) is 5.91 Å². The van der Waals surface area contributed by atoms with E-state index < -0.39 is 9.84 Å². The maximum absolute atomic E-state index is 13.4. The molecule has 1 aliphatic rings. The molecule has 4 rings (SSSR count). The van der Waals surface area contributed by atoms with Crippen LogP contribution in [-0.4, -0.2) is 36.8 Å². The van der Waals surface area contributed by atoms with Crippen LogP contribution in [0.15, 0.2) is 34.7 Å². The topological polar surface area (TPSA) is 67.6 Å². The Morgan fingerprint density at radius 2 is 2.07 bits per heavy atom. The van der Waals surface area contributed by atoms with E-state index in [9.17, 15) is 13.2 Å². The lowest BCUT2D eigenvalue weighted by Gasteiger charge is -2.27. The van der Waals surface area contributed by atoms with Gasteiger partial charge in [-0.05, 0) is 44.0 Å². The van der Waals surface area contributed by atoms with Crippen molar-refractivity contribution < 1.29 is 17.6 Å². The quantitative estimate of drug-likeness (QED) is 0.598. The summed E-state index contributed by atoms with van der Waals surface area (Å²) >= 11 is 7.89. The first-order chi connectivity index (χ1) is 13.2. The van der Waals surface area contributed by atoms with Crippen LogP contribution < -0.4 is 0 Å². The van der Waals surface area contributed by atoms with E-state index in [1.54, 1.807) is 4.90 Å². The minimum atomic E-state index is -3.14. The molecule has 1 amide bonds. The molecule has 1 saturated heterocycles. The Hall–Kier alpha value is -1.83. The highest BCUT2D eigenvalue weighted by Crippen LogP contribution is 2.37. The smallest absolute Gasteiger partial charge is 0.266 e. The number of benzene rings is 1. The predicted molar refractivity (Wildman–Crippen MR) is 112 cm³/mol. The summed E-state index contributed by atoms with van der Waals surface area (Å²) in [5.74, 6) is 1.19. The fourth-order valence-corrected chi connectivity index (χ4v) is 6.86. The maximum Gasteiger partial charge on any atom is 0.266 e. The number of sulfone groups is 1. The Kier molecular flexibility index (Phi) is 5.02. The molecule has 1 unspecified atom stereocenters. The number of hydrogen-bond donors (Lipinski definition) is 0. The zero-order valence-electron chi connectivity index (χ0n) is 15.6. The van der Waals surface area contributed by atoms with E-state index in [0.717, 1.165) is 21.4 Å². The number of aryl methyl sites for hydroxylation is 2. The number of nitrogens with zero attached hydrogens (tertiary/aromatic N) is 1. The molecule has 148 valence electrons. The predicted octanol–water partition coefficient (Wildman–Crippen LogP) is 4.59. The molecule has 3 heterocycles. The fourth-order valence-electron chi connectivity index (χ4n) is 3.57. The average Bonchev–Trinajstić information content (AvgIpc) is 3.29. The Morgan fingerprint density at radius 3 is 2.71 bits per heavy atom. The summed E-state index contributed by atoms with van der Waals surface area (Å²) in [6.45, 7) is 4.04. The molecule has 0 aliphatic carbocycles. The van der Waals surface area contributed by atoms with E-state index >= 15 is 0 Å². The van der Waals surface area contributed by atoms with Gasteiger partial charge < -0.3 is 9.32 Å². The van der Waals surface area contributed by atoms with E-state index in [1.807, 2.05) is 44.2 Å². The Bertz CT molecular complexity index is 1160. The number of carbonyl (C=O) groups is 1. The van der Waals surface area contributed by atoms with Crippen molar-refractivity contribution in [3.8, 4) is 0 Å². The average molecular weight is 438 g/mol. The number of rotatable bonds is 4. The SMILES string of the molecule is Cc1ccc2c(Cl)c(C(=O)N(Cc3ccc(C)o3)C3CCS(=O)(=O)C3)sc2c1. The van der Waals surface area contributed by atoms with E-state index in [2.05, 4.69) is 0 Å². The van der Waals surface area contributed by atoms with Crippen LogP contribution in [0.3, 0.4) is 0 Å².